The second kappa shape index (κ2) is 8.14. The van der Waals surface area contributed by atoms with Crippen molar-refractivity contribution in [2.45, 2.75) is 46.1 Å². The summed E-state index contributed by atoms with van der Waals surface area (Å²) in [5.41, 5.74) is 3.22. The van der Waals surface area contributed by atoms with E-state index in [-0.39, 0.29) is 11.3 Å². The number of ketones is 1. The molecule has 4 heterocycles. The number of likely N-dealkylation sites (tertiary alicyclic amines) is 2. The number of aliphatic hydroxyl groups excluding tert-OH is 1. The summed E-state index contributed by atoms with van der Waals surface area (Å²) in [6.07, 6.45) is 5.08. The van der Waals surface area contributed by atoms with E-state index >= 15 is 0 Å². The third kappa shape index (κ3) is 3.47. The van der Waals surface area contributed by atoms with Crippen molar-refractivity contribution >= 4 is 17.4 Å². The van der Waals surface area contributed by atoms with Crippen molar-refractivity contribution in [3.63, 3.8) is 0 Å². The zero-order valence-electron chi connectivity index (χ0n) is 17.8. The molecule has 0 aromatic carbocycles. The molecule has 30 heavy (non-hydrogen) atoms. The summed E-state index contributed by atoms with van der Waals surface area (Å²) in [6, 6.07) is 2.76. The second-order valence-electron chi connectivity index (χ2n) is 8.29. The molecule has 1 amide bonds. The Morgan fingerprint density at radius 2 is 1.87 bits per heavy atom. The van der Waals surface area contributed by atoms with Crippen LogP contribution in [-0.4, -0.2) is 57.8 Å². The van der Waals surface area contributed by atoms with E-state index in [0.29, 0.717) is 24.4 Å². The third-order valence-electron chi connectivity index (χ3n) is 6.38. The number of aromatic nitrogens is 1. The largest absolute Gasteiger partial charge is 0.507 e. The molecule has 0 spiro atoms. The van der Waals surface area contributed by atoms with Gasteiger partial charge in [-0.25, -0.2) is 0 Å². The van der Waals surface area contributed by atoms with Crippen molar-refractivity contribution in [2.75, 3.05) is 26.2 Å². The number of H-pyrrole nitrogens is 1. The topological polar surface area (TPSA) is 89.8 Å². The van der Waals surface area contributed by atoms with Crippen LogP contribution in [0.15, 0.2) is 28.4 Å². The van der Waals surface area contributed by atoms with Crippen molar-refractivity contribution in [1.82, 2.24) is 14.8 Å². The Morgan fingerprint density at radius 1 is 1.13 bits per heavy atom. The highest BCUT2D eigenvalue weighted by Gasteiger charge is 2.47. The van der Waals surface area contributed by atoms with E-state index in [1.54, 1.807) is 17.0 Å². The maximum absolute atomic E-state index is 13.0. The van der Waals surface area contributed by atoms with Crippen LogP contribution in [0.25, 0.3) is 5.76 Å². The predicted octanol–water partition coefficient (Wildman–Crippen LogP) is 3.44. The van der Waals surface area contributed by atoms with Gasteiger partial charge in [0.15, 0.2) is 0 Å². The molecule has 0 bridgehead atoms. The number of amides is 1. The minimum absolute atomic E-state index is 0.0961. The first-order valence-electron chi connectivity index (χ1n) is 10.6. The van der Waals surface area contributed by atoms with Crippen LogP contribution < -0.4 is 0 Å². The van der Waals surface area contributed by atoms with E-state index in [9.17, 15) is 14.7 Å². The van der Waals surface area contributed by atoms with Crippen molar-refractivity contribution < 1.29 is 19.1 Å². The van der Waals surface area contributed by atoms with Crippen LogP contribution in [0.4, 0.5) is 0 Å². The summed E-state index contributed by atoms with van der Waals surface area (Å²) in [6.45, 7) is 8.79. The Kier molecular flexibility index (Phi) is 5.56. The van der Waals surface area contributed by atoms with E-state index in [1.165, 1.54) is 12.7 Å². The van der Waals surface area contributed by atoms with Crippen LogP contribution in [-0.2, 0) is 9.59 Å². The zero-order chi connectivity index (χ0) is 21.4. The number of rotatable bonds is 5. The minimum Gasteiger partial charge on any atom is -0.507 e. The number of hydrogen-bond donors (Lipinski definition) is 2. The SMILES string of the molecule is Cc1[nH]c(C)c(/C(O)=C2\C(=O)C(=O)N(CCN3CCCCC3)C2c2ccco2)c1C. The number of piperidine rings is 1. The van der Waals surface area contributed by atoms with Crippen LogP contribution in [0.5, 0.6) is 0 Å². The average Bonchev–Trinajstić information content (AvgIpc) is 3.41. The monoisotopic (exact) mass is 411 g/mol. The van der Waals surface area contributed by atoms with Crippen molar-refractivity contribution in [3.05, 3.63) is 52.2 Å². The average molecular weight is 412 g/mol. The molecule has 2 aromatic rings. The van der Waals surface area contributed by atoms with Gasteiger partial charge in [-0.1, -0.05) is 6.42 Å². The second-order valence-corrected chi connectivity index (χ2v) is 8.29. The van der Waals surface area contributed by atoms with E-state index in [0.717, 1.165) is 42.9 Å². The number of hydrogen-bond acceptors (Lipinski definition) is 5. The summed E-state index contributed by atoms with van der Waals surface area (Å²) in [5.74, 6) is -0.908. The first kappa shape index (κ1) is 20.5. The maximum atomic E-state index is 13.0. The fourth-order valence-electron chi connectivity index (χ4n) is 4.68. The summed E-state index contributed by atoms with van der Waals surface area (Å²) in [5, 5.41) is 11.2. The smallest absolute Gasteiger partial charge is 0.295 e. The number of aryl methyl sites for hydroxylation is 2. The normalized spacial score (nSPS) is 22.2. The molecule has 2 fully saturated rings. The van der Waals surface area contributed by atoms with Crippen molar-refractivity contribution in [1.29, 1.82) is 0 Å². The van der Waals surface area contributed by atoms with Crippen LogP contribution >= 0.6 is 0 Å². The first-order valence-corrected chi connectivity index (χ1v) is 10.6. The lowest BCUT2D eigenvalue weighted by Gasteiger charge is -2.30. The van der Waals surface area contributed by atoms with Gasteiger partial charge in [0.2, 0.25) is 0 Å². The number of carbonyl (C=O) groups excluding carboxylic acids is 2. The molecule has 2 aliphatic heterocycles. The molecule has 2 aromatic heterocycles. The van der Waals surface area contributed by atoms with Gasteiger partial charge in [0, 0.05) is 30.0 Å². The van der Waals surface area contributed by atoms with Crippen LogP contribution in [0.3, 0.4) is 0 Å². The molecule has 2 N–H and O–H groups in total. The van der Waals surface area contributed by atoms with Gasteiger partial charge in [0.05, 0.1) is 11.8 Å². The summed E-state index contributed by atoms with van der Waals surface area (Å²) < 4.78 is 5.61. The fourth-order valence-corrected chi connectivity index (χ4v) is 4.68. The number of aliphatic hydroxyl groups is 1. The first-order chi connectivity index (χ1) is 14.4. The summed E-state index contributed by atoms with van der Waals surface area (Å²) in [4.78, 5) is 33.1. The molecule has 7 heteroatoms. The Balaban J connectivity index is 1.74. The standard InChI is InChI=1S/C23H29N3O4/c1-14-15(2)24-16(3)18(14)21(27)19-20(17-8-7-13-30-17)26(23(29)22(19)28)12-11-25-9-5-4-6-10-25/h7-8,13,20,24,27H,4-6,9-12H2,1-3H3/b21-19+. The van der Waals surface area contributed by atoms with Gasteiger partial charge in [-0.15, -0.1) is 0 Å². The van der Waals surface area contributed by atoms with Crippen molar-refractivity contribution in [2.24, 2.45) is 0 Å². The molecule has 4 rings (SSSR count). The maximum Gasteiger partial charge on any atom is 0.295 e. The quantitative estimate of drug-likeness (QED) is 0.447. The Hall–Kier alpha value is -2.80. The number of nitrogens with one attached hydrogen (secondary N) is 1. The number of Topliss-reactive ketones (excluding diaryl/α,β-unsaturated/α-hetero) is 1. The van der Waals surface area contributed by atoms with E-state index in [1.807, 2.05) is 20.8 Å². The number of nitrogens with zero attached hydrogens (tertiary/aromatic N) is 2. The molecular weight excluding hydrogens is 382 g/mol. The molecule has 160 valence electrons. The Bertz CT molecular complexity index is 981. The highest BCUT2D eigenvalue weighted by molar-refractivity contribution is 6.46. The number of carbonyl (C=O) groups is 2. The molecule has 1 atom stereocenters. The highest BCUT2D eigenvalue weighted by atomic mass is 16.3. The molecule has 2 aliphatic rings. The fraction of sp³-hybridized carbons (Fsp3) is 0.478. The number of furan rings is 1. The molecular formula is C23H29N3O4. The molecule has 0 aliphatic carbocycles. The van der Waals surface area contributed by atoms with Crippen LogP contribution in [0, 0.1) is 20.8 Å². The zero-order valence-corrected chi connectivity index (χ0v) is 17.8. The lowest BCUT2D eigenvalue weighted by molar-refractivity contribution is -0.140. The van der Waals surface area contributed by atoms with Gasteiger partial charge in [-0.05, 0) is 64.4 Å². The summed E-state index contributed by atoms with van der Waals surface area (Å²) >= 11 is 0. The minimum atomic E-state index is -0.723. The third-order valence-corrected chi connectivity index (χ3v) is 6.38. The lowest BCUT2D eigenvalue weighted by Crippen LogP contribution is -2.39. The Morgan fingerprint density at radius 3 is 2.47 bits per heavy atom. The lowest BCUT2D eigenvalue weighted by atomic mass is 9.97. The molecule has 1 unspecified atom stereocenters. The molecule has 0 saturated carbocycles. The van der Waals surface area contributed by atoms with Gasteiger partial charge in [-0.2, -0.15) is 0 Å². The van der Waals surface area contributed by atoms with Gasteiger partial charge in [0.1, 0.15) is 17.6 Å². The van der Waals surface area contributed by atoms with Gasteiger partial charge in [-0.3, -0.25) is 9.59 Å². The van der Waals surface area contributed by atoms with Crippen LogP contribution in [0.2, 0.25) is 0 Å². The van der Waals surface area contributed by atoms with Gasteiger partial charge < -0.3 is 24.3 Å². The summed E-state index contributed by atoms with van der Waals surface area (Å²) in [7, 11) is 0. The molecule has 7 nitrogen and oxygen atoms in total. The van der Waals surface area contributed by atoms with E-state index in [4.69, 9.17) is 4.42 Å². The van der Waals surface area contributed by atoms with Gasteiger partial charge in [0.25, 0.3) is 11.7 Å². The molecule has 2 saturated heterocycles. The Labute approximate surface area is 176 Å². The van der Waals surface area contributed by atoms with E-state index in [2.05, 4.69) is 9.88 Å². The number of aromatic amines is 1. The van der Waals surface area contributed by atoms with E-state index < -0.39 is 17.7 Å². The predicted molar refractivity (Wildman–Crippen MR) is 113 cm³/mol. The molecule has 0 radical (unpaired) electrons. The highest BCUT2D eigenvalue weighted by Crippen LogP contribution is 2.40. The van der Waals surface area contributed by atoms with Crippen LogP contribution in [0.1, 0.15) is 53.6 Å². The van der Waals surface area contributed by atoms with Gasteiger partial charge >= 0.3 is 0 Å². The van der Waals surface area contributed by atoms with Crippen molar-refractivity contribution in [3.8, 4) is 0 Å².